The fourth-order valence-electron chi connectivity index (χ4n) is 3.40. The van der Waals surface area contributed by atoms with Crippen molar-refractivity contribution < 1.29 is 18.7 Å². The fraction of sp³-hybridized carbons (Fsp3) is 0.286. The van der Waals surface area contributed by atoms with E-state index in [4.69, 9.17) is 20.8 Å². The maximum atomic E-state index is 12.4. The van der Waals surface area contributed by atoms with E-state index in [2.05, 4.69) is 9.88 Å². The number of piperazine rings is 1. The molecule has 0 bridgehead atoms. The number of fused-ring (bicyclic) bond motifs is 1. The van der Waals surface area contributed by atoms with Crippen molar-refractivity contribution in [3.63, 3.8) is 0 Å². The second-order valence-corrected chi connectivity index (χ2v) is 7.35. The van der Waals surface area contributed by atoms with Crippen LogP contribution in [0.1, 0.15) is 15.9 Å². The van der Waals surface area contributed by atoms with Gasteiger partial charge in [-0.3, -0.25) is 4.79 Å². The van der Waals surface area contributed by atoms with Crippen LogP contribution in [0, 0.1) is 6.92 Å². The Kier molecular flexibility index (Phi) is 5.40. The van der Waals surface area contributed by atoms with Gasteiger partial charge in [-0.15, -0.1) is 0 Å². The molecule has 0 aliphatic carbocycles. The molecule has 0 radical (unpaired) electrons. The molecular weight excluding hydrogens is 394 g/mol. The molecule has 1 aliphatic heterocycles. The number of halogens is 1. The van der Waals surface area contributed by atoms with Crippen molar-refractivity contribution in [1.82, 2.24) is 9.88 Å². The molecule has 0 saturated carbocycles. The van der Waals surface area contributed by atoms with E-state index in [1.54, 1.807) is 23.1 Å². The number of aryl methyl sites for hydroxylation is 1. The van der Waals surface area contributed by atoms with Gasteiger partial charge in [-0.2, -0.15) is 0 Å². The number of hydrogen-bond donors (Lipinski definition) is 0. The Morgan fingerprint density at radius 1 is 1.14 bits per heavy atom. The monoisotopic (exact) mass is 413 g/mol. The van der Waals surface area contributed by atoms with Crippen molar-refractivity contribution >= 4 is 40.3 Å². The summed E-state index contributed by atoms with van der Waals surface area (Å²) in [6.45, 7) is 4.27. The van der Waals surface area contributed by atoms with Gasteiger partial charge >= 0.3 is 5.97 Å². The summed E-state index contributed by atoms with van der Waals surface area (Å²) in [6, 6.07) is 10.6. The molecule has 1 saturated heterocycles. The lowest BCUT2D eigenvalue weighted by Gasteiger charge is -2.36. The van der Waals surface area contributed by atoms with E-state index >= 15 is 0 Å². The minimum Gasteiger partial charge on any atom is -0.452 e. The van der Waals surface area contributed by atoms with Gasteiger partial charge in [-0.05, 0) is 42.8 Å². The Bertz CT molecular complexity index is 1060. The summed E-state index contributed by atoms with van der Waals surface area (Å²) in [4.78, 5) is 32.6. The van der Waals surface area contributed by atoms with Gasteiger partial charge in [0.1, 0.15) is 5.52 Å². The summed E-state index contributed by atoms with van der Waals surface area (Å²) in [7, 11) is 0. The lowest BCUT2D eigenvalue weighted by atomic mass is 10.1. The maximum absolute atomic E-state index is 12.4. The molecule has 0 N–H and O–H groups in total. The molecule has 0 atom stereocenters. The van der Waals surface area contributed by atoms with E-state index in [9.17, 15) is 9.59 Å². The van der Waals surface area contributed by atoms with E-state index in [0.29, 0.717) is 47.9 Å². The van der Waals surface area contributed by atoms with E-state index in [1.165, 1.54) is 6.39 Å². The Morgan fingerprint density at radius 3 is 2.72 bits per heavy atom. The summed E-state index contributed by atoms with van der Waals surface area (Å²) >= 11 is 6.11. The van der Waals surface area contributed by atoms with Crippen LogP contribution >= 0.6 is 11.6 Å². The zero-order valence-electron chi connectivity index (χ0n) is 15.9. The first-order chi connectivity index (χ1) is 14.0. The third-order valence-electron chi connectivity index (χ3n) is 5.04. The molecule has 3 aromatic rings. The van der Waals surface area contributed by atoms with Gasteiger partial charge in [0.2, 0.25) is 0 Å². The van der Waals surface area contributed by atoms with Crippen LogP contribution in [0.4, 0.5) is 5.69 Å². The molecule has 0 unspecified atom stereocenters. The lowest BCUT2D eigenvalue weighted by Crippen LogP contribution is -2.50. The van der Waals surface area contributed by atoms with Crippen LogP contribution < -0.4 is 4.90 Å². The Morgan fingerprint density at radius 2 is 1.93 bits per heavy atom. The average molecular weight is 414 g/mol. The maximum Gasteiger partial charge on any atom is 0.338 e. The topological polar surface area (TPSA) is 75.9 Å². The van der Waals surface area contributed by atoms with Gasteiger partial charge in [-0.25, -0.2) is 9.78 Å². The van der Waals surface area contributed by atoms with Crippen molar-refractivity contribution in [3.8, 4) is 0 Å². The molecule has 2 heterocycles. The first kappa shape index (κ1) is 19.3. The lowest BCUT2D eigenvalue weighted by molar-refractivity contribution is -0.134. The van der Waals surface area contributed by atoms with Crippen LogP contribution in [0.5, 0.6) is 0 Å². The minimum absolute atomic E-state index is 0.207. The normalized spacial score (nSPS) is 14.3. The van der Waals surface area contributed by atoms with Gasteiger partial charge in [-0.1, -0.05) is 17.7 Å². The number of rotatable bonds is 4. The zero-order valence-corrected chi connectivity index (χ0v) is 16.7. The number of benzene rings is 2. The predicted molar refractivity (Wildman–Crippen MR) is 109 cm³/mol. The number of aromatic nitrogens is 1. The molecule has 7 nitrogen and oxygen atoms in total. The highest BCUT2D eigenvalue weighted by molar-refractivity contribution is 6.30. The highest BCUT2D eigenvalue weighted by Gasteiger charge is 2.23. The van der Waals surface area contributed by atoms with Crippen LogP contribution in [-0.2, 0) is 9.53 Å². The fourth-order valence-corrected chi connectivity index (χ4v) is 3.57. The highest BCUT2D eigenvalue weighted by Crippen LogP contribution is 2.25. The first-order valence-corrected chi connectivity index (χ1v) is 9.68. The van der Waals surface area contributed by atoms with Crippen molar-refractivity contribution in [2.45, 2.75) is 6.92 Å². The number of hydrogen-bond acceptors (Lipinski definition) is 6. The quantitative estimate of drug-likeness (QED) is 0.611. The molecule has 0 spiro atoms. The number of carbonyl (C=O) groups excluding carboxylic acids is 2. The highest BCUT2D eigenvalue weighted by atomic mass is 35.5. The van der Waals surface area contributed by atoms with Crippen LogP contribution in [0.15, 0.2) is 47.2 Å². The first-order valence-electron chi connectivity index (χ1n) is 9.30. The second-order valence-electron chi connectivity index (χ2n) is 6.91. The summed E-state index contributed by atoms with van der Waals surface area (Å²) < 4.78 is 10.4. The molecule has 1 fully saturated rings. The molecule has 2 aromatic carbocycles. The van der Waals surface area contributed by atoms with Gasteiger partial charge in [0.25, 0.3) is 5.91 Å². The van der Waals surface area contributed by atoms with E-state index in [-0.39, 0.29) is 12.5 Å². The summed E-state index contributed by atoms with van der Waals surface area (Å²) in [5.74, 6) is -0.772. The molecule has 1 aliphatic rings. The SMILES string of the molecule is Cc1ccc(Cl)cc1N1CCN(C(=O)COC(=O)c2ccc3ncoc3c2)CC1. The van der Waals surface area contributed by atoms with E-state index < -0.39 is 5.97 Å². The Hall–Kier alpha value is -3.06. The molecule has 1 amide bonds. The standard InChI is InChI=1S/C21H20ClN3O4/c1-14-2-4-16(22)11-18(14)24-6-8-25(9-7-24)20(26)12-28-21(27)15-3-5-17-19(10-15)29-13-23-17/h2-5,10-11,13H,6-9,12H2,1H3. The van der Waals surface area contributed by atoms with Gasteiger partial charge in [0.05, 0.1) is 5.56 Å². The molecule has 4 rings (SSSR count). The second kappa shape index (κ2) is 8.13. The third-order valence-corrected chi connectivity index (χ3v) is 5.27. The number of anilines is 1. The van der Waals surface area contributed by atoms with Crippen LogP contribution in [-0.4, -0.2) is 54.5 Å². The number of carbonyl (C=O) groups is 2. The average Bonchev–Trinajstić information content (AvgIpc) is 3.21. The predicted octanol–water partition coefficient (Wildman–Crippen LogP) is 3.30. The summed E-state index contributed by atoms with van der Waals surface area (Å²) in [5, 5.41) is 0.694. The number of esters is 1. The summed E-state index contributed by atoms with van der Waals surface area (Å²) in [5.41, 5.74) is 3.71. The molecule has 29 heavy (non-hydrogen) atoms. The van der Waals surface area contributed by atoms with Gasteiger partial charge in [0.15, 0.2) is 18.6 Å². The largest absolute Gasteiger partial charge is 0.452 e. The molecule has 8 heteroatoms. The van der Waals surface area contributed by atoms with Gasteiger partial charge < -0.3 is 19.0 Å². The molecular formula is C21H20ClN3O4. The van der Waals surface area contributed by atoms with Crippen molar-refractivity contribution in [2.75, 3.05) is 37.7 Å². The Balaban J connectivity index is 1.30. The summed E-state index contributed by atoms with van der Waals surface area (Å²) in [6.07, 6.45) is 1.31. The van der Waals surface area contributed by atoms with Crippen molar-refractivity contribution in [2.24, 2.45) is 0 Å². The smallest absolute Gasteiger partial charge is 0.338 e. The number of oxazole rings is 1. The zero-order chi connectivity index (χ0) is 20.4. The van der Waals surface area contributed by atoms with Crippen LogP contribution in [0.25, 0.3) is 11.1 Å². The van der Waals surface area contributed by atoms with Crippen LogP contribution in [0.3, 0.4) is 0 Å². The Labute approximate surface area is 172 Å². The van der Waals surface area contributed by atoms with Crippen LogP contribution in [0.2, 0.25) is 5.02 Å². The van der Waals surface area contributed by atoms with Crippen molar-refractivity contribution in [1.29, 1.82) is 0 Å². The number of amides is 1. The molecule has 150 valence electrons. The number of ether oxygens (including phenoxy) is 1. The number of nitrogens with zero attached hydrogens (tertiary/aromatic N) is 3. The third kappa shape index (κ3) is 4.19. The molecule has 1 aromatic heterocycles. The van der Waals surface area contributed by atoms with Crippen molar-refractivity contribution in [3.05, 3.63) is 58.9 Å². The minimum atomic E-state index is -0.565. The van der Waals surface area contributed by atoms with E-state index in [1.807, 2.05) is 25.1 Å². The van der Waals surface area contributed by atoms with Gasteiger partial charge in [0, 0.05) is 36.9 Å². The van der Waals surface area contributed by atoms with E-state index in [0.717, 1.165) is 11.3 Å².